The van der Waals surface area contributed by atoms with Crippen molar-refractivity contribution in [2.24, 2.45) is 5.92 Å². The molecule has 1 rings (SSSR count). The Bertz CT molecular complexity index is 399. The first kappa shape index (κ1) is 17.0. The van der Waals surface area contributed by atoms with Gasteiger partial charge >= 0.3 is 6.18 Å². The molecule has 1 aromatic rings. The summed E-state index contributed by atoms with van der Waals surface area (Å²) in [4.78, 5) is 0. The van der Waals surface area contributed by atoms with Crippen LogP contribution >= 0.6 is 0 Å². The van der Waals surface area contributed by atoms with E-state index in [2.05, 4.69) is 19.2 Å². The Balaban J connectivity index is 2.49. The zero-order chi connectivity index (χ0) is 15.2. The predicted octanol–water partition coefficient (Wildman–Crippen LogP) is 5.01. The summed E-state index contributed by atoms with van der Waals surface area (Å²) in [7, 11) is 0. The number of hydrogen-bond acceptors (Lipinski definition) is 1. The van der Waals surface area contributed by atoms with Crippen molar-refractivity contribution >= 4 is 0 Å². The highest BCUT2D eigenvalue weighted by Gasteiger charge is 2.32. The van der Waals surface area contributed by atoms with Crippen molar-refractivity contribution in [2.75, 3.05) is 0 Å². The highest BCUT2D eigenvalue weighted by atomic mass is 19.4. The summed E-state index contributed by atoms with van der Waals surface area (Å²) in [5.74, 6) is 0.674. The molecular formula is C16H24F3N. The van der Waals surface area contributed by atoms with Crippen LogP contribution in [-0.4, -0.2) is 6.04 Å². The zero-order valence-corrected chi connectivity index (χ0v) is 12.4. The molecule has 0 saturated heterocycles. The van der Waals surface area contributed by atoms with Crippen LogP contribution in [0.2, 0.25) is 0 Å². The number of halogens is 3. The van der Waals surface area contributed by atoms with Gasteiger partial charge in [-0.3, -0.25) is 0 Å². The van der Waals surface area contributed by atoms with E-state index in [0.29, 0.717) is 11.5 Å². The Morgan fingerprint density at radius 1 is 1.05 bits per heavy atom. The lowest BCUT2D eigenvalue weighted by atomic mass is 10.0. The fraction of sp³-hybridized carbons (Fsp3) is 0.625. The summed E-state index contributed by atoms with van der Waals surface area (Å²) in [6.45, 7) is 6.64. The Hall–Kier alpha value is -1.03. The highest BCUT2D eigenvalue weighted by molar-refractivity contribution is 5.29. The molecule has 0 radical (unpaired) electrons. The van der Waals surface area contributed by atoms with Crippen LogP contribution in [-0.2, 0) is 12.7 Å². The monoisotopic (exact) mass is 287 g/mol. The van der Waals surface area contributed by atoms with Crippen molar-refractivity contribution in [2.45, 2.75) is 58.8 Å². The van der Waals surface area contributed by atoms with E-state index >= 15 is 0 Å². The van der Waals surface area contributed by atoms with Gasteiger partial charge in [-0.25, -0.2) is 0 Å². The average Bonchev–Trinajstić information content (AvgIpc) is 2.35. The zero-order valence-electron chi connectivity index (χ0n) is 12.4. The lowest BCUT2D eigenvalue weighted by molar-refractivity contribution is -0.138. The molecular weight excluding hydrogens is 263 g/mol. The number of alkyl halides is 3. The van der Waals surface area contributed by atoms with E-state index in [-0.39, 0.29) is 12.6 Å². The van der Waals surface area contributed by atoms with Gasteiger partial charge in [0.2, 0.25) is 0 Å². The maximum atomic E-state index is 12.8. The molecule has 1 unspecified atom stereocenters. The molecule has 20 heavy (non-hydrogen) atoms. The molecule has 0 spiro atoms. The summed E-state index contributed by atoms with van der Waals surface area (Å²) in [6.07, 6.45) is -1.02. The lowest BCUT2D eigenvalue weighted by Crippen LogP contribution is -2.26. The average molecular weight is 287 g/mol. The first-order valence-corrected chi connectivity index (χ1v) is 7.19. The minimum absolute atomic E-state index is 0.232. The van der Waals surface area contributed by atoms with Crippen LogP contribution < -0.4 is 5.32 Å². The van der Waals surface area contributed by atoms with Crippen molar-refractivity contribution < 1.29 is 13.2 Å². The topological polar surface area (TPSA) is 12.0 Å². The molecule has 0 aromatic heterocycles. The molecule has 114 valence electrons. The van der Waals surface area contributed by atoms with E-state index in [1.54, 1.807) is 6.07 Å². The van der Waals surface area contributed by atoms with E-state index in [4.69, 9.17) is 0 Å². The summed E-state index contributed by atoms with van der Waals surface area (Å²) in [5.41, 5.74) is -0.224. The first-order chi connectivity index (χ1) is 9.30. The van der Waals surface area contributed by atoms with Crippen LogP contribution in [0.25, 0.3) is 0 Å². The van der Waals surface area contributed by atoms with Gasteiger partial charge in [-0.15, -0.1) is 0 Å². The van der Waals surface area contributed by atoms with Crippen LogP contribution in [0.3, 0.4) is 0 Å². The molecule has 4 heteroatoms. The van der Waals surface area contributed by atoms with E-state index in [1.165, 1.54) is 12.1 Å². The van der Waals surface area contributed by atoms with Gasteiger partial charge in [-0.2, -0.15) is 13.2 Å². The Morgan fingerprint density at radius 2 is 1.70 bits per heavy atom. The van der Waals surface area contributed by atoms with Crippen LogP contribution in [0.1, 0.15) is 51.2 Å². The SMILES string of the molecule is CC(C)CCCC(C)NCc1ccccc1C(F)(F)F. The van der Waals surface area contributed by atoms with Crippen molar-refractivity contribution in [1.29, 1.82) is 0 Å². The lowest BCUT2D eigenvalue weighted by Gasteiger charge is -2.17. The van der Waals surface area contributed by atoms with Crippen LogP contribution in [0, 0.1) is 5.92 Å². The summed E-state index contributed by atoms with van der Waals surface area (Å²) < 4.78 is 38.5. The van der Waals surface area contributed by atoms with Crippen LogP contribution in [0.5, 0.6) is 0 Å². The van der Waals surface area contributed by atoms with Crippen molar-refractivity contribution in [3.63, 3.8) is 0 Å². The number of hydrogen-bond donors (Lipinski definition) is 1. The minimum Gasteiger partial charge on any atom is -0.310 e. The molecule has 1 nitrogen and oxygen atoms in total. The van der Waals surface area contributed by atoms with Gasteiger partial charge in [-0.05, 0) is 30.9 Å². The van der Waals surface area contributed by atoms with Crippen LogP contribution in [0.4, 0.5) is 13.2 Å². The standard InChI is InChI=1S/C16H24F3N/c1-12(2)7-6-8-13(3)20-11-14-9-4-5-10-15(14)16(17,18)19/h4-5,9-10,12-13,20H,6-8,11H2,1-3H3. The Labute approximate surface area is 119 Å². The molecule has 1 aromatic carbocycles. The molecule has 0 fully saturated rings. The highest BCUT2D eigenvalue weighted by Crippen LogP contribution is 2.31. The molecule has 0 amide bonds. The quantitative estimate of drug-likeness (QED) is 0.743. The first-order valence-electron chi connectivity index (χ1n) is 7.19. The van der Waals surface area contributed by atoms with Crippen LogP contribution in [0.15, 0.2) is 24.3 Å². The van der Waals surface area contributed by atoms with E-state index in [0.717, 1.165) is 25.3 Å². The molecule has 0 aliphatic carbocycles. The number of rotatable bonds is 7. The number of nitrogens with one attached hydrogen (secondary N) is 1. The fourth-order valence-corrected chi connectivity index (χ4v) is 2.17. The second-order valence-corrected chi connectivity index (χ2v) is 5.76. The fourth-order valence-electron chi connectivity index (χ4n) is 2.17. The second kappa shape index (κ2) is 7.67. The van der Waals surface area contributed by atoms with Gasteiger partial charge in [-0.1, -0.05) is 44.9 Å². The van der Waals surface area contributed by atoms with Gasteiger partial charge in [0.15, 0.2) is 0 Å². The van der Waals surface area contributed by atoms with E-state index in [1.807, 2.05) is 6.92 Å². The molecule has 0 heterocycles. The van der Waals surface area contributed by atoms with Gasteiger partial charge in [0.05, 0.1) is 5.56 Å². The predicted molar refractivity (Wildman–Crippen MR) is 76.4 cm³/mol. The molecule has 0 bridgehead atoms. The smallest absolute Gasteiger partial charge is 0.310 e. The van der Waals surface area contributed by atoms with Gasteiger partial charge < -0.3 is 5.32 Å². The second-order valence-electron chi connectivity index (χ2n) is 5.76. The largest absolute Gasteiger partial charge is 0.416 e. The third-order valence-corrected chi connectivity index (χ3v) is 3.38. The third-order valence-electron chi connectivity index (χ3n) is 3.38. The summed E-state index contributed by atoms with van der Waals surface area (Å²) in [6, 6.07) is 5.99. The molecule has 0 aliphatic heterocycles. The molecule has 1 N–H and O–H groups in total. The summed E-state index contributed by atoms with van der Waals surface area (Å²) >= 11 is 0. The van der Waals surface area contributed by atoms with Gasteiger partial charge in [0.25, 0.3) is 0 Å². The minimum atomic E-state index is -4.28. The van der Waals surface area contributed by atoms with E-state index in [9.17, 15) is 13.2 Å². The molecule has 0 saturated carbocycles. The van der Waals surface area contributed by atoms with Gasteiger partial charge in [0, 0.05) is 12.6 Å². The maximum absolute atomic E-state index is 12.8. The third kappa shape index (κ3) is 5.95. The van der Waals surface area contributed by atoms with E-state index < -0.39 is 11.7 Å². The molecule has 0 aliphatic rings. The Morgan fingerprint density at radius 3 is 2.30 bits per heavy atom. The van der Waals surface area contributed by atoms with Crippen molar-refractivity contribution in [3.05, 3.63) is 35.4 Å². The number of benzene rings is 1. The molecule has 1 atom stereocenters. The Kier molecular flexibility index (Phi) is 6.53. The maximum Gasteiger partial charge on any atom is 0.416 e. The normalized spacial score (nSPS) is 13.8. The van der Waals surface area contributed by atoms with Gasteiger partial charge in [0.1, 0.15) is 0 Å². The van der Waals surface area contributed by atoms with Crippen molar-refractivity contribution in [1.82, 2.24) is 5.32 Å². The summed E-state index contributed by atoms with van der Waals surface area (Å²) in [5, 5.41) is 3.19. The van der Waals surface area contributed by atoms with Crippen molar-refractivity contribution in [3.8, 4) is 0 Å².